The lowest BCUT2D eigenvalue weighted by atomic mass is 9.84. The highest BCUT2D eigenvalue weighted by molar-refractivity contribution is 5.72. The summed E-state index contributed by atoms with van der Waals surface area (Å²) >= 11 is 0. The van der Waals surface area contributed by atoms with E-state index in [1.54, 1.807) is 0 Å². The number of halogens is 5. The Bertz CT molecular complexity index is 549. The zero-order valence-electron chi connectivity index (χ0n) is 10.7. The molecule has 0 heterocycles. The topological polar surface area (TPSA) is 49.3 Å². The molecule has 0 bridgehead atoms. The number of anilines is 1. The second-order valence-corrected chi connectivity index (χ2v) is 4.92. The van der Waals surface area contributed by atoms with Crippen molar-refractivity contribution in [2.75, 3.05) is 5.32 Å². The van der Waals surface area contributed by atoms with E-state index >= 15 is 0 Å². The number of hydrogen-bond acceptors (Lipinski definition) is 2. The van der Waals surface area contributed by atoms with Gasteiger partial charge in [0, 0.05) is 6.04 Å². The lowest BCUT2D eigenvalue weighted by Crippen LogP contribution is -2.37. The second-order valence-electron chi connectivity index (χ2n) is 4.92. The molecule has 0 amide bonds. The van der Waals surface area contributed by atoms with Crippen molar-refractivity contribution in [3.8, 4) is 0 Å². The van der Waals surface area contributed by atoms with E-state index in [1.165, 1.54) is 0 Å². The molecule has 0 aliphatic heterocycles. The summed E-state index contributed by atoms with van der Waals surface area (Å²) < 4.78 is 66.2. The first kappa shape index (κ1) is 15.5. The lowest BCUT2D eigenvalue weighted by molar-refractivity contribution is -0.143. The van der Waals surface area contributed by atoms with Gasteiger partial charge in [-0.2, -0.15) is 0 Å². The maximum Gasteiger partial charge on any atom is 0.308 e. The van der Waals surface area contributed by atoms with Crippen molar-refractivity contribution in [2.45, 2.75) is 31.7 Å². The minimum absolute atomic E-state index is 0.274. The molecule has 0 spiro atoms. The molecule has 8 heteroatoms. The van der Waals surface area contributed by atoms with E-state index in [9.17, 15) is 26.7 Å². The summed E-state index contributed by atoms with van der Waals surface area (Å²) in [5.74, 6) is -12.4. The molecule has 0 radical (unpaired) electrons. The molecule has 116 valence electrons. The molecule has 2 rings (SSSR count). The number of benzene rings is 1. The van der Waals surface area contributed by atoms with E-state index in [0.29, 0.717) is 12.8 Å². The highest BCUT2D eigenvalue weighted by Crippen LogP contribution is 2.32. The van der Waals surface area contributed by atoms with Crippen molar-refractivity contribution in [1.29, 1.82) is 0 Å². The Morgan fingerprint density at radius 3 is 1.90 bits per heavy atom. The van der Waals surface area contributed by atoms with Gasteiger partial charge in [0.05, 0.1) is 5.92 Å². The number of aliphatic carboxylic acids is 1. The van der Waals surface area contributed by atoms with Crippen molar-refractivity contribution in [3.05, 3.63) is 29.1 Å². The summed E-state index contributed by atoms with van der Waals surface area (Å²) in [6, 6.07) is -0.885. The molecule has 1 aromatic rings. The molecule has 0 saturated heterocycles. The molecule has 2 unspecified atom stereocenters. The third kappa shape index (κ3) is 2.79. The number of carboxylic acid groups (broad SMARTS) is 1. The standard InChI is InChI=1S/C13H12F5NO2/c14-7-8(15)10(17)12(11(18)9(7)16)19-6-4-2-1-3-5(6)13(20)21/h5-6,19H,1-4H2,(H,20,21). The van der Waals surface area contributed by atoms with Crippen LogP contribution < -0.4 is 5.32 Å². The van der Waals surface area contributed by atoms with Gasteiger partial charge in [-0.15, -0.1) is 0 Å². The van der Waals surface area contributed by atoms with Gasteiger partial charge < -0.3 is 10.4 Å². The number of carbonyl (C=O) groups is 1. The summed E-state index contributed by atoms with van der Waals surface area (Å²) in [6.07, 6.45) is 1.79. The molecule has 1 aromatic carbocycles. The van der Waals surface area contributed by atoms with Gasteiger partial charge in [-0.05, 0) is 12.8 Å². The summed E-state index contributed by atoms with van der Waals surface area (Å²) in [6.45, 7) is 0. The van der Waals surface area contributed by atoms with Gasteiger partial charge in [0.15, 0.2) is 23.3 Å². The van der Waals surface area contributed by atoms with E-state index in [0.717, 1.165) is 0 Å². The van der Waals surface area contributed by atoms with Crippen LogP contribution in [0.3, 0.4) is 0 Å². The smallest absolute Gasteiger partial charge is 0.308 e. The average molecular weight is 309 g/mol. The largest absolute Gasteiger partial charge is 0.481 e. The van der Waals surface area contributed by atoms with Crippen LogP contribution in [0.1, 0.15) is 25.7 Å². The third-order valence-electron chi connectivity index (χ3n) is 3.62. The normalized spacial score (nSPS) is 22.1. The predicted octanol–water partition coefficient (Wildman–Crippen LogP) is 3.44. The number of carboxylic acids is 1. The molecule has 2 N–H and O–H groups in total. The van der Waals surface area contributed by atoms with Gasteiger partial charge in [0.1, 0.15) is 5.69 Å². The monoisotopic (exact) mass is 309 g/mol. The summed E-state index contributed by atoms with van der Waals surface area (Å²) in [4.78, 5) is 11.1. The molecule has 1 saturated carbocycles. The molecular formula is C13H12F5NO2. The van der Waals surface area contributed by atoms with Gasteiger partial charge in [0.2, 0.25) is 5.82 Å². The molecule has 3 nitrogen and oxygen atoms in total. The first-order valence-corrected chi connectivity index (χ1v) is 6.35. The minimum atomic E-state index is -2.24. The van der Waals surface area contributed by atoms with E-state index in [1.807, 2.05) is 0 Å². The van der Waals surface area contributed by atoms with Crippen molar-refractivity contribution in [2.24, 2.45) is 5.92 Å². The number of hydrogen-bond donors (Lipinski definition) is 2. The molecule has 21 heavy (non-hydrogen) atoms. The highest BCUT2D eigenvalue weighted by atomic mass is 19.2. The fourth-order valence-electron chi connectivity index (χ4n) is 2.52. The zero-order valence-corrected chi connectivity index (χ0v) is 10.7. The summed E-state index contributed by atoms with van der Waals surface area (Å²) in [5.41, 5.74) is -1.18. The van der Waals surface area contributed by atoms with Crippen LogP contribution >= 0.6 is 0 Å². The summed E-state index contributed by atoms with van der Waals surface area (Å²) in [5, 5.41) is 11.2. The van der Waals surface area contributed by atoms with Gasteiger partial charge in [0.25, 0.3) is 0 Å². The SMILES string of the molecule is O=C(O)C1CCCCC1Nc1c(F)c(F)c(F)c(F)c1F. The fourth-order valence-corrected chi connectivity index (χ4v) is 2.52. The van der Waals surface area contributed by atoms with E-state index < -0.39 is 52.7 Å². The van der Waals surface area contributed by atoms with Crippen LogP contribution in [-0.2, 0) is 4.79 Å². The first-order chi connectivity index (χ1) is 9.84. The maximum atomic E-state index is 13.6. The van der Waals surface area contributed by atoms with Crippen molar-refractivity contribution in [1.82, 2.24) is 0 Å². The Kier molecular flexibility index (Phi) is 4.34. The van der Waals surface area contributed by atoms with Crippen LogP contribution in [0.15, 0.2) is 0 Å². The lowest BCUT2D eigenvalue weighted by Gasteiger charge is -2.30. The highest BCUT2D eigenvalue weighted by Gasteiger charge is 2.34. The van der Waals surface area contributed by atoms with Gasteiger partial charge >= 0.3 is 5.97 Å². The average Bonchev–Trinajstić information content (AvgIpc) is 2.48. The number of nitrogens with one attached hydrogen (secondary N) is 1. The molecule has 1 fully saturated rings. The number of rotatable bonds is 3. The van der Waals surface area contributed by atoms with Crippen molar-refractivity contribution < 1.29 is 31.9 Å². The second kappa shape index (κ2) is 5.87. The Balaban J connectivity index is 2.37. The predicted molar refractivity (Wildman–Crippen MR) is 63.2 cm³/mol. The Hall–Kier alpha value is -1.86. The van der Waals surface area contributed by atoms with Crippen LogP contribution in [0.2, 0.25) is 0 Å². The zero-order chi connectivity index (χ0) is 15.7. The van der Waals surface area contributed by atoms with E-state index in [-0.39, 0.29) is 12.8 Å². The fraction of sp³-hybridized carbons (Fsp3) is 0.462. The minimum Gasteiger partial charge on any atom is -0.481 e. The van der Waals surface area contributed by atoms with Crippen LogP contribution in [0.25, 0.3) is 0 Å². The van der Waals surface area contributed by atoms with Crippen LogP contribution in [0, 0.1) is 35.0 Å². The Labute approximate surface area is 116 Å². The molecule has 2 atom stereocenters. The van der Waals surface area contributed by atoms with Gasteiger partial charge in [-0.1, -0.05) is 12.8 Å². The van der Waals surface area contributed by atoms with Crippen LogP contribution in [-0.4, -0.2) is 17.1 Å². The van der Waals surface area contributed by atoms with Gasteiger partial charge in [-0.25, -0.2) is 22.0 Å². The summed E-state index contributed by atoms with van der Waals surface area (Å²) in [7, 11) is 0. The molecular weight excluding hydrogens is 297 g/mol. The maximum absolute atomic E-state index is 13.6. The third-order valence-corrected chi connectivity index (χ3v) is 3.62. The molecule has 0 aromatic heterocycles. The van der Waals surface area contributed by atoms with Crippen LogP contribution in [0.4, 0.5) is 27.6 Å². The molecule has 1 aliphatic carbocycles. The van der Waals surface area contributed by atoms with Crippen molar-refractivity contribution >= 4 is 11.7 Å². The quantitative estimate of drug-likeness (QED) is 0.511. The van der Waals surface area contributed by atoms with Crippen molar-refractivity contribution in [3.63, 3.8) is 0 Å². The van der Waals surface area contributed by atoms with Gasteiger partial charge in [-0.3, -0.25) is 4.79 Å². The van der Waals surface area contributed by atoms with Crippen LogP contribution in [0.5, 0.6) is 0 Å². The Morgan fingerprint density at radius 2 is 1.38 bits per heavy atom. The van der Waals surface area contributed by atoms with E-state index in [2.05, 4.69) is 5.32 Å². The molecule has 1 aliphatic rings. The first-order valence-electron chi connectivity index (χ1n) is 6.35. The van der Waals surface area contributed by atoms with E-state index in [4.69, 9.17) is 5.11 Å². The Morgan fingerprint density at radius 1 is 0.905 bits per heavy atom.